The Morgan fingerprint density at radius 2 is 2.13 bits per heavy atom. The minimum Gasteiger partial charge on any atom is -0.489 e. The van der Waals surface area contributed by atoms with Crippen LogP contribution in [0.5, 0.6) is 5.75 Å². The number of hydrogen-bond donors (Lipinski definition) is 2. The van der Waals surface area contributed by atoms with Crippen LogP contribution < -0.4 is 10.1 Å². The van der Waals surface area contributed by atoms with E-state index in [1.54, 1.807) is 24.0 Å². The number of carbonyl (C=O) groups excluding carboxylic acids is 1. The number of nitrogens with zero attached hydrogens (tertiary/aromatic N) is 1. The number of carbonyl (C=O) groups is 2. The Bertz CT molecular complexity index is 559. The Balaban J connectivity index is 1.73. The van der Waals surface area contributed by atoms with Gasteiger partial charge in [-0.1, -0.05) is 6.07 Å². The van der Waals surface area contributed by atoms with Gasteiger partial charge >= 0.3 is 12.0 Å². The number of urea groups is 1. The van der Waals surface area contributed by atoms with Crippen LogP contribution in [0.15, 0.2) is 24.3 Å². The van der Waals surface area contributed by atoms with E-state index in [9.17, 15) is 14.0 Å². The van der Waals surface area contributed by atoms with Gasteiger partial charge in [-0.25, -0.2) is 9.18 Å². The topological polar surface area (TPSA) is 78.9 Å². The van der Waals surface area contributed by atoms with Crippen molar-refractivity contribution in [2.45, 2.75) is 25.9 Å². The van der Waals surface area contributed by atoms with Gasteiger partial charge in [-0.15, -0.1) is 0 Å². The predicted octanol–water partition coefficient (Wildman–Crippen LogP) is 2.10. The Morgan fingerprint density at radius 3 is 2.74 bits per heavy atom. The van der Waals surface area contributed by atoms with Crippen molar-refractivity contribution in [3.05, 3.63) is 30.1 Å². The van der Waals surface area contributed by atoms with Gasteiger partial charge in [0.2, 0.25) is 0 Å². The van der Waals surface area contributed by atoms with Gasteiger partial charge < -0.3 is 20.1 Å². The van der Waals surface area contributed by atoms with Crippen LogP contribution >= 0.6 is 0 Å². The lowest BCUT2D eigenvalue weighted by molar-refractivity contribution is -0.143. The zero-order valence-corrected chi connectivity index (χ0v) is 13.0. The fourth-order valence-electron chi connectivity index (χ4n) is 2.49. The highest BCUT2D eigenvalue weighted by atomic mass is 19.1. The lowest BCUT2D eigenvalue weighted by Crippen LogP contribution is -2.47. The summed E-state index contributed by atoms with van der Waals surface area (Å²) in [6.45, 7) is 2.93. The summed E-state index contributed by atoms with van der Waals surface area (Å²) in [6.07, 6.45) is 0.633. The normalized spacial score (nSPS) is 16.7. The van der Waals surface area contributed by atoms with Crippen molar-refractivity contribution in [1.29, 1.82) is 0 Å². The quantitative estimate of drug-likeness (QED) is 0.869. The number of likely N-dealkylation sites (tertiary alicyclic amines) is 1. The second-order valence-corrected chi connectivity index (χ2v) is 5.67. The maximum Gasteiger partial charge on any atom is 0.317 e. The van der Waals surface area contributed by atoms with Gasteiger partial charge in [0.05, 0.1) is 12.5 Å². The van der Waals surface area contributed by atoms with E-state index in [0.717, 1.165) is 0 Å². The molecule has 1 aliphatic heterocycles. The molecule has 0 spiro atoms. The second kappa shape index (κ2) is 7.80. The molecule has 126 valence electrons. The summed E-state index contributed by atoms with van der Waals surface area (Å²) in [6, 6.07) is 5.60. The van der Waals surface area contributed by atoms with E-state index in [1.807, 2.05) is 0 Å². The standard InChI is InChI=1S/C16H21FN2O4/c1-11(23-14-4-2-3-13(17)9-14)10-18-16(22)19-7-5-12(6-8-19)15(20)21/h2-4,9,11-12H,5-8,10H2,1H3,(H,18,22)(H,20,21). The van der Waals surface area contributed by atoms with Gasteiger partial charge in [0.1, 0.15) is 17.7 Å². The molecule has 2 rings (SSSR count). The Hall–Kier alpha value is -2.31. The van der Waals surface area contributed by atoms with Crippen molar-refractivity contribution in [3.8, 4) is 5.75 Å². The monoisotopic (exact) mass is 324 g/mol. The van der Waals surface area contributed by atoms with Gasteiger partial charge in [-0.2, -0.15) is 0 Å². The zero-order chi connectivity index (χ0) is 16.8. The van der Waals surface area contributed by atoms with Crippen LogP contribution in [-0.2, 0) is 4.79 Å². The van der Waals surface area contributed by atoms with Gasteiger partial charge in [0, 0.05) is 19.2 Å². The molecule has 0 radical (unpaired) electrons. The van der Waals surface area contributed by atoms with Crippen LogP contribution in [0.1, 0.15) is 19.8 Å². The highest BCUT2D eigenvalue weighted by Crippen LogP contribution is 2.17. The molecule has 0 aliphatic carbocycles. The number of amides is 2. The van der Waals surface area contributed by atoms with Crippen molar-refractivity contribution in [2.24, 2.45) is 5.92 Å². The molecule has 1 saturated heterocycles. The molecule has 1 aliphatic rings. The molecule has 2 amide bonds. The number of ether oxygens (including phenoxy) is 1. The molecule has 23 heavy (non-hydrogen) atoms. The summed E-state index contributed by atoms with van der Waals surface area (Å²) in [5.41, 5.74) is 0. The molecule has 1 atom stereocenters. The molecular formula is C16H21FN2O4. The van der Waals surface area contributed by atoms with Crippen LogP contribution in [-0.4, -0.2) is 47.7 Å². The molecule has 7 heteroatoms. The molecule has 1 heterocycles. The molecule has 6 nitrogen and oxygen atoms in total. The molecule has 0 aromatic heterocycles. The van der Waals surface area contributed by atoms with Crippen molar-refractivity contribution in [3.63, 3.8) is 0 Å². The number of rotatable bonds is 5. The SMILES string of the molecule is CC(CNC(=O)N1CCC(C(=O)O)CC1)Oc1cccc(F)c1. The number of carboxylic acid groups (broad SMARTS) is 1. The highest BCUT2D eigenvalue weighted by Gasteiger charge is 2.26. The first-order valence-electron chi connectivity index (χ1n) is 7.63. The number of hydrogen-bond acceptors (Lipinski definition) is 3. The first-order chi connectivity index (χ1) is 11.0. The average Bonchev–Trinajstić information content (AvgIpc) is 2.52. The van der Waals surface area contributed by atoms with Crippen molar-refractivity contribution < 1.29 is 23.8 Å². The van der Waals surface area contributed by atoms with Crippen LogP contribution in [0.3, 0.4) is 0 Å². The van der Waals surface area contributed by atoms with Crippen molar-refractivity contribution in [2.75, 3.05) is 19.6 Å². The number of piperidine rings is 1. The summed E-state index contributed by atoms with van der Waals surface area (Å²) >= 11 is 0. The lowest BCUT2D eigenvalue weighted by Gasteiger charge is -2.30. The molecule has 0 saturated carbocycles. The minimum atomic E-state index is -0.804. The van der Waals surface area contributed by atoms with E-state index in [4.69, 9.17) is 9.84 Å². The third-order valence-corrected chi connectivity index (χ3v) is 3.81. The molecule has 1 unspecified atom stereocenters. The molecule has 2 N–H and O–H groups in total. The molecular weight excluding hydrogens is 303 g/mol. The largest absolute Gasteiger partial charge is 0.489 e. The average molecular weight is 324 g/mol. The Labute approximate surface area is 134 Å². The van der Waals surface area contributed by atoms with Gasteiger partial charge in [0.25, 0.3) is 0 Å². The molecule has 0 bridgehead atoms. The maximum atomic E-state index is 13.1. The van der Waals surface area contributed by atoms with E-state index >= 15 is 0 Å². The van der Waals surface area contributed by atoms with Crippen LogP contribution in [0.25, 0.3) is 0 Å². The van der Waals surface area contributed by atoms with Gasteiger partial charge in [0.15, 0.2) is 0 Å². The molecule has 1 fully saturated rings. The van der Waals surface area contributed by atoms with Gasteiger partial charge in [-0.3, -0.25) is 4.79 Å². The third-order valence-electron chi connectivity index (χ3n) is 3.81. The van der Waals surface area contributed by atoms with E-state index in [0.29, 0.717) is 31.7 Å². The summed E-state index contributed by atoms with van der Waals surface area (Å²) in [4.78, 5) is 24.5. The Morgan fingerprint density at radius 1 is 1.43 bits per heavy atom. The van der Waals surface area contributed by atoms with E-state index in [-0.39, 0.29) is 30.4 Å². The number of carboxylic acids is 1. The number of halogens is 1. The zero-order valence-electron chi connectivity index (χ0n) is 13.0. The summed E-state index contributed by atoms with van der Waals surface area (Å²) < 4.78 is 18.6. The van der Waals surface area contributed by atoms with Crippen LogP contribution in [0, 0.1) is 11.7 Å². The van der Waals surface area contributed by atoms with E-state index in [2.05, 4.69) is 5.32 Å². The second-order valence-electron chi connectivity index (χ2n) is 5.67. The first-order valence-corrected chi connectivity index (χ1v) is 7.63. The van der Waals surface area contributed by atoms with Crippen LogP contribution in [0.2, 0.25) is 0 Å². The molecule has 1 aromatic rings. The molecule has 1 aromatic carbocycles. The fourth-order valence-corrected chi connectivity index (χ4v) is 2.49. The highest BCUT2D eigenvalue weighted by molar-refractivity contribution is 5.75. The Kier molecular flexibility index (Phi) is 5.78. The number of benzene rings is 1. The summed E-state index contributed by atoms with van der Waals surface area (Å²) in [5.74, 6) is -1.13. The van der Waals surface area contributed by atoms with Crippen molar-refractivity contribution >= 4 is 12.0 Å². The lowest BCUT2D eigenvalue weighted by atomic mass is 9.97. The predicted molar refractivity (Wildman–Crippen MR) is 81.8 cm³/mol. The third kappa shape index (κ3) is 5.12. The summed E-state index contributed by atoms with van der Waals surface area (Å²) in [5, 5.41) is 11.7. The summed E-state index contributed by atoms with van der Waals surface area (Å²) in [7, 11) is 0. The smallest absolute Gasteiger partial charge is 0.317 e. The van der Waals surface area contributed by atoms with Crippen molar-refractivity contribution in [1.82, 2.24) is 10.2 Å². The van der Waals surface area contributed by atoms with Crippen LogP contribution in [0.4, 0.5) is 9.18 Å². The van der Waals surface area contributed by atoms with E-state index < -0.39 is 5.97 Å². The number of aliphatic carboxylic acids is 1. The fraction of sp³-hybridized carbons (Fsp3) is 0.500. The first kappa shape index (κ1) is 17.1. The van der Waals surface area contributed by atoms with E-state index in [1.165, 1.54) is 12.1 Å². The number of nitrogens with one attached hydrogen (secondary N) is 1. The van der Waals surface area contributed by atoms with Gasteiger partial charge in [-0.05, 0) is 31.9 Å². The maximum absolute atomic E-state index is 13.1. The minimum absolute atomic E-state index is 0.233.